The quantitative estimate of drug-likeness (QED) is 0.872. The number of methoxy groups -OCH3 is 1. The Kier molecular flexibility index (Phi) is 4.20. The zero-order chi connectivity index (χ0) is 17.6. The molecule has 4 nitrogen and oxygen atoms in total. The molecule has 2 N–H and O–H groups in total. The topological polar surface area (TPSA) is 50.4 Å². The predicted molar refractivity (Wildman–Crippen MR) is 98.0 cm³/mol. The van der Waals surface area contributed by atoms with Crippen LogP contribution in [-0.4, -0.2) is 31.1 Å². The van der Waals surface area contributed by atoms with Gasteiger partial charge >= 0.3 is 0 Å². The van der Waals surface area contributed by atoms with Crippen molar-refractivity contribution in [2.24, 2.45) is 5.92 Å². The van der Waals surface area contributed by atoms with E-state index in [2.05, 4.69) is 17.6 Å². The lowest BCUT2D eigenvalue weighted by Gasteiger charge is -2.39. The summed E-state index contributed by atoms with van der Waals surface area (Å²) in [5.74, 6) is 0.263. The van der Waals surface area contributed by atoms with Gasteiger partial charge in [-0.15, -0.1) is 11.3 Å². The number of carbonyl (C=O) groups is 1. The Morgan fingerprint density at radius 2 is 2.24 bits per heavy atom. The zero-order valence-corrected chi connectivity index (χ0v) is 15.3. The van der Waals surface area contributed by atoms with Gasteiger partial charge in [-0.25, -0.2) is 4.39 Å². The van der Waals surface area contributed by atoms with E-state index in [0.717, 1.165) is 42.3 Å². The molecule has 1 aromatic heterocycles. The summed E-state index contributed by atoms with van der Waals surface area (Å²) in [7, 11) is 1.45. The molecule has 1 aromatic carbocycles. The van der Waals surface area contributed by atoms with Crippen LogP contribution in [0.25, 0.3) is 10.1 Å². The molecule has 0 radical (unpaired) electrons. The number of carbonyl (C=O) groups excluding carboxylic acids is 1. The summed E-state index contributed by atoms with van der Waals surface area (Å²) in [6, 6.07) is 5.04. The third-order valence-corrected chi connectivity index (χ3v) is 6.77. The van der Waals surface area contributed by atoms with Crippen LogP contribution in [0.2, 0.25) is 0 Å². The summed E-state index contributed by atoms with van der Waals surface area (Å²) < 4.78 is 19.8. The molecule has 1 spiro atoms. The summed E-state index contributed by atoms with van der Waals surface area (Å²) in [4.78, 5) is 13.5. The molecule has 1 aliphatic carbocycles. The van der Waals surface area contributed by atoms with E-state index in [1.165, 1.54) is 24.5 Å². The molecule has 2 unspecified atom stereocenters. The molecule has 4 rings (SSSR count). The number of fused-ring (bicyclic) bond motifs is 1. The number of hydrogen-bond donors (Lipinski definition) is 2. The van der Waals surface area contributed by atoms with Crippen LogP contribution in [0.15, 0.2) is 18.2 Å². The summed E-state index contributed by atoms with van der Waals surface area (Å²) in [5.41, 5.74) is 0.0978. The standard InChI is InChI=1S/C19H23FN2O2S/c1-3-11-4-7-21-19(5-6-19)17(11)22-18(23)16-9-12-8-13(20)14(24-2)10-15(12)25-16/h8-11,17,21H,3-7H2,1-2H3,(H,22,23). The largest absolute Gasteiger partial charge is 0.494 e. The Hall–Kier alpha value is -1.66. The Balaban J connectivity index is 1.59. The maximum absolute atomic E-state index is 13.9. The van der Waals surface area contributed by atoms with Crippen molar-refractivity contribution in [2.45, 2.75) is 44.2 Å². The van der Waals surface area contributed by atoms with E-state index in [9.17, 15) is 9.18 Å². The molecule has 1 saturated carbocycles. The minimum absolute atomic E-state index is 0.0565. The highest BCUT2D eigenvalue weighted by Gasteiger charge is 2.53. The lowest BCUT2D eigenvalue weighted by molar-refractivity contribution is 0.0879. The number of thiophene rings is 1. The molecule has 1 aliphatic heterocycles. The molecule has 1 amide bonds. The maximum atomic E-state index is 13.9. The van der Waals surface area contributed by atoms with Gasteiger partial charge in [-0.1, -0.05) is 13.3 Å². The van der Waals surface area contributed by atoms with Crippen LogP contribution in [0, 0.1) is 11.7 Å². The number of nitrogens with one attached hydrogen (secondary N) is 2. The first kappa shape index (κ1) is 16.8. The van der Waals surface area contributed by atoms with Crippen molar-refractivity contribution in [3.05, 3.63) is 28.9 Å². The Bertz CT molecular complexity index is 815. The van der Waals surface area contributed by atoms with Crippen LogP contribution in [0.3, 0.4) is 0 Å². The van der Waals surface area contributed by atoms with Gasteiger partial charge in [0, 0.05) is 16.3 Å². The molecular formula is C19H23FN2O2S. The fourth-order valence-electron chi connectivity index (χ4n) is 4.07. The van der Waals surface area contributed by atoms with Gasteiger partial charge in [-0.2, -0.15) is 0 Å². The van der Waals surface area contributed by atoms with Gasteiger partial charge < -0.3 is 15.4 Å². The van der Waals surface area contributed by atoms with Gasteiger partial charge in [0.05, 0.1) is 18.0 Å². The van der Waals surface area contributed by atoms with Crippen molar-refractivity contribution in [1.29, 1.82) is 0 Å². The molecule has 0 bridgehead atoms. The summed E-state index contributed by atoms with van der Waals surface area (Å²) in [6.07, 6.45) is 4.42. The molecule has 25 heavy (non-hydrogen) atoms. The van der Waals surface area contributed by atoms with E-state index in [1.807, 2.05) is 0 Å². The first-order chi connectivity index (χ1) is 12.1. The molecular weight excluding hydrogens is 339 g/mol. The third kappa shape index (κ3) is 2.91. The smallest absolute Gasteiger partial charge is 0.261 e. The van der Waals surface area contributed by atoms with E-state index in [1.54, 1.807) is 12.1 Å². The van der Waals surface area contributed by atoms with Gasteiger partial charge in [-0.3, -0.25) is 4.79 Å². The highest BCUT2D eigenvalue weighted by Crippen LogP contribution is 2.45. The lowest BCUT2D eigenvalue weighted by Crippen LogP contribution is -2.59. The molecule has 1 saturated heterocycles. The number of benzene rings is 1. The Morgan fingerprint density at radius 1 is 1.44 bits per heavy atom. The molecule has 134 valence electrons. The lowest BCUT2D eigenvalue weighted by atomic mass is 9.83. The predicted octanol–water partition coefficient (Wildman–Crippen LogP) is 3.70. The normalized spacial score (nSPS) is 24.4. The Morgan fingerprint density at radius 3 is 2.92 bits per heavy atom. The molecule has 2 fully saturated rings. The van der Waals surface area contributed by atoms with Crippen molar-refractivity contribution in [2.75, 3.05) is 13.7 Å². The fourth-order valence-corrected chi connectivity index (χ4v) is 5.05. The highest BCUT2D eigenvalue weighted by atomic mass is 32.1. The van der Waals surface area contributed by atoms with E-state index in [4.69, 9.17) is 4.74 Å². The van der Waals surface area contributed by atoms with Crippen LogP contribution >= 0.6 is 11.3 Å². The van der Waals surface area contributed by atoms with Crippen LogP contribution in [-0.2, 0) is 0 Å². The van der Waals surface area contributed by atoms with Crippen LogP contribution in [0.4, 0.5) is 4.39 Å². The summed E-state index contributed by atoms with van der Waals surface area (Å²) in [5, 5.41) is 7.63. The van der Waals surface area contributed by atoms with Crippen LogP contribution in [0.5, 0.6) is 5.75 Å². The SMILES string of the molecule is CCC1CCNC2(CC2)C1NC(=O)c1cc2cc(F)c(OC)cc2s1. The van der Waals surface area contributed by atoms with Crippen molar-refractivity contribution < 1.29 is 13.9 Å². The minimum atomic E-state index is -0.404. The maximum Gasteiger partial charge on any atom is 0.261 e. The van der Waals surface area contributed by atoms with Crippen LogP contribution in [0.1, 0.15) is 42.3 Å². The first-order valence-corrected chi connectivity index (χ1v) is 9.71. The second kappa shape index (κ2) is 6.25. The number of hydrogen-bond acceptors (Lipinski definition) is 4. The minimum Gasteiger partial charge on any atom is -0.494 e. The molecule has 6 heteroatoms. The number of amides is 1. The number of piperidine rings is 1. The second-order valence-electron chi connectivity index (χ2n) is 7.13. The molecule has 2 atom stereocenters. The summed E-state index contributed by atoms with van der Waals surface area (Å²) >= 11 is 1.38. The fraction of sp³-hybridized carbons (Fsp3) is 0.526. The molecule has 2 aromatic rings. The van der Waals surface area contributed by atoms with E-state index in [-0.39, 0.29) is 23.2 Å². The summed E-state index contributed by atoms with van der Waals surface area (Å²) in [6.45, 7) is 3.23. The van der Waals surface area contributed by atoms with E-state index in [0.29, 0.717) is 10.8 Å². The van der Waals surface area contributed by atoms with Crippen molar-refractivity contribution in [3.8, 4) is 5.75 Å². The van der Waals surface area contributed by atoms with Crippen molar-refractivity contribution >= 4 is 27.3 Å². The average Bonchev–Trinajstić information content (AvgIpc) is 3.25. The van der Waals surface area contributed by atoms with Gasteiger partial charge in [0.1, 0.15) is 0 Å². The number of rotatable bonds is 4. The second-order valence-corrected chi connectivity index (χ2v) is 8.21. The van der Waals surface area contributed by atoms with Crippen molar-refractivity contribution in [1.82, 2.24) is 10.6 Å². The highest BCUT2D eigenvalue weighted by molar-refractivity contribution is 7.20. The number of ether oxygens (including phenoxy) is 1. The van der Waals surface area contributed by atoms with E-state index < -0.39 is 5.82 Å². The van der Waals surface area contributed by atoms with Crippen molar-refractivity contribution in [3.63, 3.8) is 0 Å². The van der Waals surface area contributed by atoms with Crippen LogP contribution < -0.4 is 15.4 Å². The molecule has 2 heterocycles. The molecule has 2 aliphatic rings. The van der Waals surface area contributed by atoms with Gasteiger partial charge in [-0.05, 0) is 49.2 Å². The third-order valence-electron chi connectivity index (χ3n) is 5.67. The van der Waals surface area contributed by atoms with E-state index >= 15 is 0 Å². The first-order valence-electron chi connectivity index (χ1n) is 8.89. The van der Waals surface area contributed by atoms with Gasteiger partial charge in [0.2, 0.25) is 0 Å². The average molecular weight is 362 g/mol. The monoisotopic (exact) mass is 362 g/mol. The zero-order valence-electron chi connectivity index (χ0n) is 14.5. The van der Waals surface area contributed by atoms with Gasteiger partial charge in [0.15, 0.2) is 11.6 Å². The number of halogens is 1. The van der Waals surface area contributed by atoms with Gasteiger partial charge in [0.25, 0.3) is 5.91 Å². The Labute approximate surface area is 150 Å².